The maximum Gasteiger partial charge on any atom is 0.338 e. The zero-order valence-corrected chi connectivity index (χ0v) is 18.5. The number of hydrogen-bond acceptors (Lipinski definition) is 8. The molecule has 1 amide bonds. The van der Waals surface area contributed by atoms with Gasteiger partial charge in [0, 0.05) is 18.8 Å². The van der Waals surface area contributed by atoms with E-state index in [1.807, 2.05) is 12.1 Å². The third kappa shape index (κ3) is 5.70. The molecule has 0 aliphatic heterocycles. The van der Waals surface area contributed by atoms with Crippen LogP contribution in [-0.2, 0) is 16.6 Å². The molecule has 3 aromatic rings. The first kappa shape index (κ1) is 22.9. The SMILES string of the molecule is CC(C)c1ccc(NC(=O)COC(=O)c2ccc(Sc3nncn3C)c([N+](=O)[O-])c2)cc1. The Hall–Kier alpha value is -3.73. The standard InChI is InChI=1S/C21H21N5O5S/c1-13(2)14-4-7-16(8-5-14)23-19(27)11-31-20(28)15-6-9-18(17(10-15)26(29)30)32-21-24-22-12-25(21)3/h4-10,12-13H,11H2,1-3H3,(H,23,27). The number of nitrogens with zero attached hydrogens (tertiary/aromatic N) is 4. The normalized spacial score (nSPS) is 10.8. The fourth-order valence-corrected chi connectivity index (χ4v) is 3.55. The van der Waals surface area contributed by atoms with Gasteiger partial charge in [0.1, 0.15) is 6.33 Å². The lowest BCUT2D eigenvalue weighted by atomic mass is 10.0. The summed E-state index contributed by atoms with van der Waals surface area (Å²) in [4.78, 5) is 35.6. The summed E-state index contributed by atoms with van der Waals surface area (Å²) in [7, 11) is 1.71. The number of amides is 1. The van der Waals surface area contributed by atoms with Crippen molar-refractivity contribution < 1.29 is 19.2 Å². The highest BCUT2D eigenvalue weighted by Crippen LogP contribution is 2.34. The number of aryl methyl sites for hydroxylation is 1. The van der Waals surface area contributed by atoms with Crippen molar-refractivity contribution in [3.05, 3.63) is 70.0 Å². The van der Waals surface area contributed by atoms with Gasteiger partial charge in [-0.15, -0.1) is 10.2 Å². The fourth-order valence-electron chi connectivity index (χ4n) is 2.70. The monoisotopic (exact) mass is 455 g/mol. The van der Waals surface area contributed by atoms with Gasteiger partial charge in [-0.2, -0.15) is 0 Å². The third-order valence-electron chi connectivity index (χ3n) is 4.46. The number of rotatable bonds is 8. The molecular formula is C21H21N5O5S. The number of nitrogens with one attached hydrogen (secondary N) is 1. The molecule has 0 spiro atoms. The van der Waals surface area contributed by atoms with Crippen LogP contribution in [0.2, 0.25) is 0 Å². The number of anilines is 1. The van der Waals surface area contributed by atoms with Crippen molar-refractivity contribution in [2.24, 2.45) is 7.05 Å². The van der Waals surface area contributed by atoms with Crippen LogP contribution in [0.3, 0.4) is 0 Å². The van der Waals surface area contributed by atoms with E-state index in [-0.39, 0.29) is 11.3 Å². The molecule has 0 fully saturated rings. The number of carbonyl (C=O) groups is 2. The van der Waals surface area contributed by atoms with Crippen molar-refractivity contribution in [2.75, 3.05) is 11.9 Å². The minimum Gasteiger partial charge on any atom is -0.452 e. The Labute approximate surface area is 188 Å². The maximum atomic E-state index is 12.3. The van der Waals surface area contributed by atoms with Crippen LogP contribution in [0.4, 0.5) is 11.4 Å². The van der Waals surface area contributed by atoms with Crippen molar-refractivity contribution in [3.63, 3.8) is 0 Å². The first-order valence-corrected chi connectivity index (χ1v) is 10.4. The maximum absolute atomic E-state index is 12.3. The number of nitro groups is 1. The summed E-state index contributed by atoms with van der Waals surface area (Å²) < 4.78 is 6.63. The van der Waals surface area contributed by atoms with Crippen LogP contribution in [0.1, 0.15) is 35.7 Å². The molecule has 1 heterocycles. The quantitative estimate of drug-likeness (QED) is 0.308. The summed E-state index contributed by atoms with van der Waals surface area (Å²) in [6.45, 7) is 3.62. The fraction of sp³-hybridized carbons (Fsp3) is 0.238. The van der Waals surface area contributed by atoms with Crippen LogP contribution in [0.5, 0.6) is 0 Å². The van der Waals surface area contributed by atoms with Gasteiger partial charge in [-0.25, -0.2) is 4.79 Å². The average molecular weight is 455 g/mol. The van der Waals surface area contributed by atoms with Gasteiger partial charge in [-0.1, -0.05) is 26.0 Å². The number of nitro benzene ring substituents is 1. The molecule has 0 saturated heterocycles. The van der Waals surface area contributed by atoms with Crippen LogP contribution in [-0.4, -0.2) is 38.2 Å². The van der Waals surface area contributed by atoms with Gasteiger partial charge in [0.25, 0.3) is 11.6 Å². The Morgan fingerprint density at radius 3 is 2.53 bits per heavy atom. The van der Waals surface area contributed by atoms with E-state index >= 15 is 0 Å². The Balaban J connectivity index is 1.63. The summed E-state index contributed by atoms with van der Waals surface area (Å²) in [5.41, 5.74) is 1.41. The molecule has 0 bridgehead atoms. The number of esters is 1. The number of hydrogen-bond donors (Lipinski definition) is 1. The topological polar surface area (TPSA) is 129 Å². The van der Waals surface area contributed by atoms with Crippen molar-refractivity contribution >= 4 is 35.0 Å². The molecule has 0 saturated carbocycles. The van der Waals surface area contributed by atoms with E-state index in [1.54, 1.807) is 23.7 Å². The molecule has 2 aromatic carbocycles. The van der Waals surface area contributed by atoms with Crippen LogP contribution >= 0.6 is 11.8 Å². The van der Waals surface area contributed by atoms with Gasteiger partial charge in [-0.3, -0.25) is 14.9 Å². The van der Waals surface area contributed by atoms with E-state index in [1.165, 1.54) is 18.5 Å². The first-order valence-electron chi connectivity index (χ1n) is 9.62. The summed E-state index contributed by atoms with van der Waals surface area (Å²) in [6, 6.07) is 11.3. The zero-order chi connectivity index (χ0) is 23.3. The highest BCUT2D eigenvalue weighted by molar-refractivity contribution is 7.99. The molecule has 1 aromatic heterocycles. The predicted octanol–water partition coefficient (Wildman–Crippen LogP) is 3.79. The highest BCUT2D eigenvalue weighted by atomic mass is 32.2. The molecule has 0 aliphatic rings. The minimum atomic E-state index is -0.839. The lowest BCUT2D eigenvalue weighted by Gasteiger charge is -2.09. The van der Waals surface area contributed by atoms with Crippen LogP contribution in [0.15, 0.2) is 58.8 Å². The van der Waals surface area contributed by atoms with Gasteiger partial charge in [-0.05, 0) is 47.5 Å². The second-order valence-corrected chi connectivity index (χ2v) is 8.18. The van der Waals surface area contributed by atoms with Crippen molar-refractivity contribution in [1.29, 1.82) is 0 Å². The summed E-state index contributed by atoms with van der Waals surface area (Å²) in [5, 5.41) is 22.2. The predicted molar refractivity (Wildman–Crippen MR) is 118 cm³/mol. The second kappa shape index (κ2) is 10.1. The Kier molecular flexibility index (Phi) is 7.21. The summed E-state index contributed by atoms with van der Waals surface area (Å²) in [5.74, 6) is -0.983. The lowest BCUT2D eigenvalue weighted by Crippen LogP contribution is -2.21. The molecule has 1 N–H and O–H groups in total. The molecule has 166 valence electrons. The number of ether oxygens (including phenoxy) is 1. The summed E-state index contributed by atoms with van der Waals surface area (Å²) in [6.07, 6.45) is 1.48. The number of aromatic nitrogens is 3. The molecule has 11 heteroatoms. The lowest BCUT2D eigenvalue weighted by molar-refractivity contribution is -0.387. The Bertz CT molecular complexity index is 1140. The molecule has 0 radical (unpaired) electrons. The third-order valence-corrected chi connectivity index (χ3v) is 5.58. The average Bonchev–Trinajstić information content (AvgIpc) is 3.16. The van der Waals surface area contributed by atoms with Gasteiger partial charge in [0.15, 0.2) is 11.8 Å². The Morgan fingerprint density at radius 2 is 1.94 bits per heavy atom. The molecule has 10 nitrogen and oxygen atoms in total. The Morgan fingerprint density at radius 1 is 1.22 bits per heavy atom. The second-order valence-electron chi connectivity index (χ2n) is 7.17. The van der Waals surface area contributed by atoms with E-state index in [0.29, 0.717) is 21.7 Å². The molecule has 0 aliphatic carbocycles. The van der Waals surface area contributed by atoms with Crippen molar-refractivity contribution in [1.82, 2.24) is 14.8 Å². The van der Waals surface area contributed by atoms with Crippen LogP contribution in [0.25, 0.3) is 0 Å². The first-order chi connectivity index (χ1) is 15.2. The number of carbonyl (C=O) groups excluding carboxylic acids is 2. The van der Waals surface area contributed by atoms with E-state index in [2.05, 4.69) is 29.4 Å². The smallest absolute Gasteiger partial charge is 0.338 e. The van der Waals surface area contributed by atoms with Gasteiger partial charge in [0.05, 0.1) is 15.4 Å². The van der Waals surface area contributed by atoms with Crippen LogP contribution < -0.4 is 5.32 Å². The van der Waals surface area contributed by atoms with Crippen molar-refractivity contribution in [2.45, 2.75) is 29.8 Å². The van der Waals surface area contributed by atoms with E-state index in [4.69, 9.17) is 4.74 Å². The van der Waals surface area contributed by atoms with Gasteiger partial charge < -0.3 is 14.6 Å². The largest absolute Gasteiger partial charge is 0.452 e. The summed E-state index contributed by atoms with van der Waals surface area (Å²) >= 11 is 1.05. The molecule has 0 atom stereocenters. The molecule has 0 unspecified atom stereocenters. The van der Waals surface area contributed by atoms with E-state index in [9.17, 15) is 19.7 Å². The number of benzene rings is 2. The minimum absolute atomic E-state index is 0.0342. The zero-order valence-electron chi connectivity index (χ0n) is 17.6. The molecule has 32 heavy (non-hydrogen) atoms. The van der Waals surface area contributed by atoms with Gasteiger partial charge in [0.2, 0.25) is 0 Å². The molecular weight excluding hydrogens is 434 g/mol. The van der Waals surface area contributed by atoms with Crippen LogP contribution in [0, 0.1) is 10.1 Å². The van der Waals surface area contributed by atoms with E-state index < -0.39 is 23.4 Å². The highest BCUT2D eigenvalue weighted by Gasteiger charge is 2.21. The molecule has 3 rings (SSSR count). The van der Waals surface area contributed by atoms with Gasteiger partial charge >= 0.3 is 5.97 Å². The van der Waals surface area contributed by atoms with Crippen molar-refractivity contribution in [3.8, 4) is 0 Å². The van der Waals surface area contributed by atoms with E-state index in [0.717, 1.165) is 23.4 Å².